The maximum atomic E-state index is 14.2. The van der Waals surface area contributed by atoms with Crippen LogP contribution in [0.25, 0.3) is 17.1 Å². The van der Waals surface area contributed by atoms with Crippen molar-refractivity contribution in [3.05, 3.63) is 125 Å². The Morgan fingerprint density at radius 3 is 2.20 bits per heavy atom. The fraction of sp³-hybridized carbons (Fsp3) is 0.125. The molecule has 0 aliphatic rings. The van der Waals surface area contributed by atoms with Crippen LogP contribution in [0.1, 0.15) is 22.3 Å². The molecule has 0 aliphatic heterocycles. The normalized spacial score (nSPS) is 12.1. The highest BCUT2D eigenvalue weighted by atomic mass is 32.2. The van der Waals surface area contributed by atoms with Crippen LogP contribution in [0, 0.1) is 25.5 Å². The topological polar surface area (TPSA) is 76.7 Å². The zero-order valence-corrected chi connectivity index (χ0v) is 24.7. The Morgan fingerprint density at radius 1 is 0.911 bits per heavy atom. The molecule has 0 saturated heterocycles. The fourth-order valence-corrected chi connectivity index (χ4v) is 5.01. The molecular weight excluding hydrogens is 611 g/mol. The highest BCUT2D eigenvalue weighted by molar-refractivity contribution is 8.13. The Kier molecular flexibility index (Phi) is 9.57. The van der Waals surface area contributed by atoms with Crippen molar-refractivity contribution in [3.8, 4) is 22.8 Å². The Morgan fingerprint density at radius 2 is 1.56 bits per heavy atom. The molecule has 5 aromatic rings. The lowest BCUT2D eigenvalue weighted by Gasteiger charge is -2.10. The number of para-hydroxylation sites is 1. The van der Waals surface area contributed by atoms with Crippen LogP contribution in [-0.2, 0) is 5.75 Å². The minimum Gasteiger partial charge on any atom is -0.406 e. The molecule has 0 bridgehead atoms. The van der Waals surface area contributed by atoms with Gasteiger partial charge >= 0.3 is 6.36 Å². The van der Waals surface area contributed by atoms with Gasteiger partial charge in [-0.1, -0.05) is 60.3 Å². The predicted octanol–water partition coefficient (Wildman–Crippen LogP) is 8.27. The standard InChI is InChI=1S/C32H25F5N6OS/c1-20-5-3-6-21(2)29(20)40-31(45-18-26-27(33)7-4-8-28(26)34)41-39-17-22-9-11-23(12-10-22)30-38-19-43(42-30)24-13-15-25(16-14-24)44-32(35,36)37/h3-17,19H,18H2,1-2H3,(H,40,41)/b39-17-. The molecular formula is C32H25F5N6OS. The van der Waals surface area contributed by atoms with Crippen LogP contribution >= 0.6 is 11.8 Å². The summed E-state index contributed by atoms with van der Waals surface area (Å²) in [4.78, 5) is 8.99. The molecule has 0 fully saturated rings. The van der Waals surface area contributed by atoms with E-state index in [1.54, 1.807) is 30.5 Å². The number of amidine groups is 1. The van der Waals surface area contributed by atoms with Gasteiger partial charge in [0.05, 0.1) is 17.6 Å². The van der Waals surface area contributed by atoms with E-state index in [4.69, 9.17) is 4.99 Å². The van der Waals surface area contributed by atoms with Gasteiger partial charge in [-0.2, -0.15) is 5.10 Å². The second kappa shape index (κ2) is 13.7. The average Bonchev–Trinajstić information content (AvgIpc) is 3.49. The molecule has 45 heavy (non-hydrogen) atoms. The largest absolute Gasteiger partial charge is 0.573 e. The number of hydrazone groups is 1. The lowest BCUT2D eigenvalue weighted by Crippen LogP contribution is -2.17. The number of nitrogens with zero attached hydrogens (tertiary/aromatic N) is 5. The average molecular weight is 637 g/mol. The zero-order chi connectivity index (χ0) is 32.0. The first-order valence-electron chi connectivity index (χ1n) is 13.4. The van der Waals surface area contributed by atoms with Crippen LogP contribution in [0.2, 0.25) is 0 Å². The maximum absolute atomic E-state index is 14.2. The number of nitrogens with one attached hydrogen (secondary N) is 1. The molecule has 7 nitrogen and oxygen atoms in total. The number of benzene rings is 4. The van der Waals surface area contributed by atoms with Crippen molar-refractivity contribution < 1.29 is 26.7 Å². The quantitative estimate of drug-likeness (QED) is 0.0803. The number of aromatic nitrogens is 3. The third-order valence-corrected chi connectivity index (χ3v) is 7.33. The Bertz CT molecular complexity index is 1800. The second-order valence-corrected chi connectivity index (χ2v) is 10.7. The molecule has 0 radical (unpaired) electrons. The molecule has 0 spiro atoms. The summed E-state index contributed by atoms with van der Waals surface area (Å²) in [7, 11) is 0. The van der Waals surface area contributed by atoms with Crippen molar-refractivity contribution in [3.63, 3.8) is 0 Å². The van der Waals surface area contributed by atoms with Gasteiger partial charge in [-0.3, -0.25) is 5.43 Å². The van der Waals surface area contributed by atoms with E-state index >= 15 is 0 Å². The van der Waals surface area contributed by atoms with Crippen molar-refractivity contribution in [2.45, 2.75) is 26.0 Å². The van der Waals surface area contributed by atoms with Gasteiger partial charge in [-0.05, 0) is 66.9 Å². The van der Waals surface area contributed by atoms with Crippen LogP contribution in [0.5, 0.6) is 5.75 Å². The molecule has 0 amide bonds. The van der Waals surface area contributed by atoms with Gasteiger partial charge in [-0.25, -0.2) is 23.4 Å². The third kappa shape index (κ3) is 8.32. The first kappa shape index (κ1) is 31.4. The van der Waals surface area contributed by atoms with E-state index in [9.17, 15) is 22.0 Å². The first-order chi connectivity index (χ1) is 21.6. The highest BCUT2D eigenvalue weighted by Gasteiger charge is 2.31. The van der Waals surface area contributed by atoms with E-state index in [1.165, 1.54) is 53.5 Å². The Hall–Kier alpha value is -5.04. The molecule has 0 aliphatic carbocycles. The van der Waals surface area contributed by atoms with E-state index in [2.05, 4.69) is 25.3 Å². The van der Waals surface area contributed by atoms with Crippen molar-refractivity contribution in [1.82, 2.24) is 20.2 Å². The number of thioether (sulfide) groups is 1. The number of ether oxygens (including phenoxy) is 1. The van der Waals surface area contributed by atoms with Crippen molar-refractivity contribution in [1.29, 1.82) is 0 Å². The molecule has 4 aromatic carbocycles. The van der Waals surface area contributed by atoms with Gasteiger partial charge in [0.2, 0.25) is 0 Å². The maximum Gasteiger partial charge on any atom is 0.573 e. The van der Waals surface area contributed by atoms with E-state index in [0.717, 1.165) is 34.1 Å². The summed E-state index contributed by atoms with van der Waals surface area (Å²) in [6.45, 7) is 3.85. The van der Waals surface area contributed by atoms with Crippen LogP contribution < -0.4 is 10.2 Å². The van der Waals surface area contributed by atoms with Crippen molar-refractivity contribution in [2.24, 2.45) is 10.1 Å². The van der Waals surface area contributed by atoms with E-state index in [-0.39, 0.29) is 17.1 Å². The lowest BCUT2D eigenvalue weighted by atomic mass is 10.1. The Labute approximate surface area is 259 Å². The molecule has 0 unspecified atom stereocenters. The number of aryl methyl sites for hydroxylation is 2. The van der Waals surface area contributed by atoms with Gasteiger partial charge in [0, 0.05) is 16.9 Å². The summed E-state index contributed by atoms with van der Waals surface area (Å²) in [5.41, 5.74) is 7.41. The van der Waals surface area contributed by atoms with Crippen LogP contribution in [0.4, 0.5) is 27.6 Å². The molecule has 0 atom stereocenters. The SMILES string of the molecule is Cc1cccc(C)c1N=C(N/N=C\c1ccc(-c2ncn(-c3ccc(OC(F)(F)F)cc3)n2)cc1)SCc1c(F)cccc1F. The first-order valence-corrected chi connectivity index (χ1v) is 14.4. The molecule has 5 rings (SSSR count). The smallest absolute Gasteiger partial charge is 0.406 e. The fourth-order valence-electron chi connectivity index (χ4n) is 4.18. The van der Waals surface area contributed by atoms with E-state index < -0.39 is 18.0 Å². The molecule has 1 aromatic heterocycles. The number of aliphatic imine (C=N–C) groups is 1. The summed E-state index contributed by atoms with van der Waals surface area (Å²) in [6, 6.07) is 22.0. The second-order valence-electron chi connectivity index (χ2n) is 9.69. The van der Waals surface area contributed by atoms with Gasteiger partial charge in [0.15, 0.2) is 11.0 Å². The summed E-state index contributed by atoms with van der Waals surface area (Å²) in [5, 5.41) is 9.06. The molecule has 0 saturated carbocycles. The van der Waals surface area contributed by atoms with Crippen LogP contribution in [-0.4, -0.2) is 32.5 Å². The Balaban J connectivity index is 1.28. The summed E-state index contributed by atoms with van der Waals surface area (Å²) in [5.74, 6) is -1.19. The lowest BCUT2D eigenvalue weighted by molar-refractivity contribution is -0.274. The van der Waals surface area contributed by atoms with Crippen molar-refractivity contribution >= 4 is 28.8 Å². The van der Waals surface area contributed by atoms with E-state index in [1.807, 2.05) is 32.0 Å². The summed E-state index contributed by atoms with van der Waals surface area (Å²) < 4.78 is 71.1. The molecule has 230 valence electrons. The van der Waals surface area contributed by atoms with E-state index in [0.29, 0.717) is 22.2 Å². The molecule has 1 N–H and O–H groups in total. The van der Waals surface area contributed by atoms with Gasteiger partial charge in [0.25, 0.3) is 0 Å². The van der Waals surface area contributed by atoms with Gasteiger partial charge < -0.3 is 4.74 Å². The number of rotatable bonds is 8. The minimum absolute atomic E-state index is 0.00458. The number of halogens is 5. The predicted molar refractivity (Wildman–Crippen MR) is 165 cm³/mol. The number of alkyl halides is 3. The summed E-state index contributed by atoms with van der Waals surface area (Å²) in [6.07, 6.45) is -1.74. The third-order valence-electron chi connectivity index (χ3n) is 6.44. The summed E-state index contributed by atoms with van der Waals surface area (Å²) >= 11 is 1.12. The highest BCUT2D eigenvalue weighted by Crippen LogP contribution is 2.27. The number of hydrogen-bond acceptors (Lipinski definition) is 6. The zero-order valence-electron chi connectivity index (χ0n) is 23.9. The van der Waals surface area contributed by atoms with Gasteiger partial charge in [-0.15, -0.1) is 18.3 Å². The van der Waals surface area contributed by atoms with Crippen molar-refractivity contribution in [2.75, 3.05) is 0 Å². The minimum atomic E-state index is -4.77. The van der Waals surface area contributed by atoms with Crippen LogP contribution in [0.15, 0.2) is 101 Å². The molecule has 13 heteroatoms. The van der Waals surface area contributed by atoms with Gasteiger partial charge in [0.1, 0.15) is 23.7 Å². The number of hydrogen-bond donors (Lipinski definition) is 1. The molecule has 1 heterocycles. The van der Waals surface area contributed by atoms with Crippen LogP contribution in [0.3, 0.4) is 0 Å². The monoisotopic (exact) mass is 636 g/mol.